The first-order valence-corrected chi connectivity index (χ1v) is 10.7. The van der Waals surface area contributed by atoms with E-state index in [1.165, 1.54) is 12.1 Å². The number of hydrogen-bond donors (Lipinski definition) is 0. The maximum atomic E-state index is 13.0. The first-order valence-electron chi connectivity index (χ1n) is 10.7. The van der Waals surface area contributed by atoms with Crippen LogP contribution in [0.25, 0.3) is 0 Å². The van der Waals surface area contributed by atoms with Crippen molar-refractivity contribution in [2.45, 2.75) is 62.6 Å². The van der Waals surface area contributed by atoms with E-state index >= 15 is 0 Å². The van der Waals surface area contributed by atoms with Crippen molar-refractivity contribution in [1.82, 2.24) is 9.80 Å². The number of rotatable bonds is 4. The van der Waals surface area contributed by atoms with E-state index in [2.05, 4.69) is 4.90 Å². The Bertz CT molecular complexity index is 741. The summed E-state index contributed by atoms with van der Waals surface area (Å²) < 4.78 is 50.2. The highest BCUT2D eigenvalue weighted by molar-refractivity contribution is 5.79. The smallest absolute Gasteiger partial charge is 0.347 e. The summed E-state index contributed by atoms with van der Waals surface area (Å²) in [5.41, 5.74) is -0.109. The van der Waals surface area contributed by atoms with Gasteiger partial charge >= 0.3 is 6.18 Å². The van der Waals surface area contributed by atoms with Crippen LogP contribution in [-0.2, 0) is 26.9 Å². The van der Waals surface area contributed by atoms with Gasteiger partial charge in [0.2, 0.25) is 5.91 Å². The third-order valence-corrected chi connectivity index (χ3v) is 6.74. The van der Waals surface area contributed by atoms with Crippen LogP contribution in [0, 0.1) is 0 Å². The Labute approximate surface area is 175 Å². The Morgan fingerprint density at radius 1 is 1.17 bits per heavy atom. The zero-order chi connectivity index (χ0) is 21.4. The first kappa shape index (κ1) is 21.6. The van der Waals surface area contributed by atoms with E-state index in [1.807, 2.05) is 7.05 Å². The number of likely N-dealkylation sites (tertiary alicyclic amines) is 1. The molecule has 30 heavy (non-hydrogen) atoms. The van der Waals surface area contributed by atoms with Crippen LogP contribution < -0.4 is 0 Å². The van der Waals surface area contributed by atoms with Gasteiger partial charge in [0, 0.05) is 32.0 Å². The SMILES string of the molecule is CN(C(=O)Cc1ccc(C(F)(F)F)cc1)C1CCC2(CC1N1CCCC1)OCCO2. The highest BCUT2D eigenvalue weighted by Gasteiger charge is 2.48. The van der Waals surface area contributed by atoms with Crippen LogP contribution in [-0.4, -0.2) is 66.9 Å². The van der Waals surface area contributed by atoms with E-state index in [4.69, 9.17) is 9.47 Å². The molecule has 1 aromatic carbocycles. The number of carbonyl (C=O) groups is 1. The van der Waals surface area contributed by atoms with Gasteiger partial charge in [0.15, 0.2) is 5.79 Å². The van der Waals surface area contributed by atoms with Crippen molar-refractivity contribution < 1.29 is 27.4 Å². The lowest BCUT2D eigenvalue weighted by Gasteiger charge is -2.47. The molecule has 0 bridgehead atoms. The molecule has 3 aliphatic rings. The molecule has 0 aromatic heterocycles. The normalized spacial score (nSPS) is 26.9. The quantitative estimate of drug-likeness (QED) is 0.740. The summed E-state index contributed by atoms with van der Waals surface area (Å²) >= 11 is 0. The summed E-state index contributed by atoms with van der Waals surface area (Å²) in [6.07, 6.45) is 0.314. The van der Waals surface area contributed by atoms with Crippen molar-refractivity contribution in [3.8, 4) is 0 Å². The number of likely N-dealkylation sites (N-methyl/N-ethyl adjacent to an activating group) is 1. The van der Waals surface area contributed by atoms with Crippen LogP contribution in [0.4, 0.5) is 13.2 Å². The molecule has 2 saturated heterocycles. The average Bonchev–Trinajstić information content (AvgIpc) is 3.40. The van der Waals surface area contributed by atoms with Gasteiger partial charge in [0.05, 0.1) is 25.2 Å². The molecule has 1 amide bonds. The lowest BCUT2D eigenvalue weighted by atomic mass is 9.83. The molecule has 8 heteroatoms. The minimum atomic E-state index is -4.37. The van der Waals surface area contributed by atoms with Crippen molar-refractivity contribution in [1.29, 1.82) is 0 Å². The van der Waals surface area contributed by atoms with E-state index in [0.29, 0.717) is 18.8 Å². The standard InChI is InChI=1S/C22H29F3N2O3/c1-26(20(28)14-16-4-6-17(7-5-16)22(23,24)25)18-8-9-21(29-12-13-30-21)15-19(18)27-10-2-3-11-27/h4-7,18-19H,2-3,8-15H2,1H3. The molecule has 1 saturated carbocycles. The van der Waals surface area contributed by atoms with E-state index in [-0.39, 0.29) is 24.4 Å². The molecule has 166 valence electrons. The van der Waals surface area contributed by atoms with Crippen LogP contribution in [0.5, 0.6) is 0 Å². The summed E-state index contributed by atoms with van der Waals surface area (Å²) in [6, 6.07) is 5.07. The van der Waals surface area contributed by atoms with E-state index in [0.717, 1.165) is 57.3 Å². The Balaban J connectivity index is 1.45. The summed E-state index contributed by atoms with van der Waals surface area (Å²) in [4.78, 5) is 17.2. The second-order valence-electron chi connectivity index (χ2n) is 8.60. The molecule has 2 heterocycles. The number of alkyl halides is 3. The predicted molar refractivity (Wildman–Crippen MR) is 105 cm³/mol. The lowest BCUT2D eigenvalue weighted by Crippen LogP contribution is -2.58. The molecule has 2 aliphatic heterocycles. The van der Waals surface area contributed by atoms with Crippen molar-refractivity contribution in [2.75, 3.05) is 33.4 Å². The van der Waals surface area contributed by atoms with Crippen LogP contribution in [0.1, 0.15) is 43.2 Å². The molecule has 2 atom stereocenters. The fourth-order valence-corrected chi connectivity index (χ4v) is 5.07. The van der Waals surface area contributed by atoms with Gasteiger partial charge in [-0.05, 0) is 50.0 Å². The Hall–Kier alpha value is -1.64. The molecule has 1 aliphatic carbocycles. The van der Waals surface area contributed by atoms with Crippen molar-refractivity contribution in [2.24, 2.45) is 0 Å². The zero-order valence-corrected chi connectivity index (χ0v) is 17.3. The van der Waals surface area contributed by atoms with Crippen molar-refractivity contribution in [3.63, 3.8) is 0 Å². The van der Waals surface area contributed by atoms with Gasteiger partial charge in [0.25, 0.3) is 0 Å². The first-order chi connectivity index (χ1) is 14.3. The summed E-state index contributed by atoms with van der Waals surface area (Å²) in [6.45, 7) is 3.25. The lowest BCUT2D eigenvalue weighted by molar-refractivity contribution is -0.198. The third-order valence-electron chi connectivity index (χ3n) is 6.74. The zero-order valence-electron chi connectivity index (χ0n) is 17.3. The fourth-order valence-electron chi connectivity index (χ4n) is 5.07. The predicted octanol–water partition coefficient (Wildman–Crippen LogP) is 3.47. The topological polar surface area (TPSA) is 42.0 Å². The molecule has 1 aromatic rings. The van der Waals surface area contributed by atoms with Crippen LogP contribution in [0.15, 0.2) is 24.3 Å². The Morgan fingerprint density at radius 3 is 2.40 bits per heavy atom. The van der Waals surface area contributed by atoms with Crippen molar-refractivity contribution >= 4 is 5.91 Å². The number of amides is 1. The van der Waals surface area contributed by atoms with Crippen LogP contribution >= 0.6 is 0 Å². The fraction of sp³-hybridized carbons (Fsp3) is 0.682. The van der Waals surface area contributed by atoms with Gasteiger partial charge in [0.1, 0.15) is 0 Å². The number of hydrogen-bond acceptors (Lipinski definition) is 4. The second-order valence-corrected chi connectivity index (χ2v) is 8.60. The van der Waals surface area contributed by atoms with Gasteiger partial charge in [-0.1, -0.05) is 12.1 Å². The minimum absolute atomic E-state index is 0.0449. The number of halogens is 3. The van der Waals surface area contributed by atoms with Crippen LogP contribution in [0.3, 0.4) is 0 Å². The van der Waals surface area contributed by atoms with Gasteiger partial charge in [-0.15, -0.1) is 0 Å². The van der Waals surface area contributed by atoms with E-state index in [1.54, 1.807) is 4.90 Å². The molecule has 0 N–H and O–H groups in total. The maximum absolute atomic E-state index is 13.0. The molecule has 2 unspecified atom stereocenters. The molecular formula is C22H29F3N2O3. The molecular weight excluding hydrogens is 397 g/mol. The highest BCUT2D eigenvalue weighted by Crippen LogP contribution is 2.40. The Kier molecular flexibility index (Phi) is 6.10. The summed E-state index contributed by atoms with van der Waals surface area (Å²) in [5, 5.41) is 0. The molecule has 1 spiro atoms. The van der Waals surface area contributed by atoms with Gasteiger partial charge < -0.3 is 14.4 Å². The Morgan fingerprint density at radius 2 is 1.80 bits per heavy atom. The van der Waals surface area contributed by atoms with Gasteiger partial charge in [-0.3, -0.25) is 9.69 Å². The van der Waals surface area contributed by atoms with Gasteiger partial charge in [-0.2, -0.15) is 13.2 Å². The third kappa shape index (κ3) is 4.50. The van der Waals surface area contributed by atoms with E-state index < -0.39 is 17.5 Å². The van der Waals surface area contributed by atoms with E-state index in [9.17, 15) is 18.0 Å². The highest BCUT2D eigenvalue weighted by atomic mass is 19.4. The number of nitrogens with zero attached hydrogens (tertiary/aromatic N) is 2. The number of benzene rings is 1. The maximum Gasteiger partial charge on any atom is 0.416 e. The second kappa shape index (κ2) is 8.48. The molecule has 3 fully saturated rings. The molecule has 4 rings (SSSR count). The van der Waals surface area contributed by atoms with Gasteiger partial charge in [-0.25, -0.2) is 0 Å². The van der Waals surface area contributed by atoms with Crippen molar-refractivity contribution in [3.05, 3.63) is 35.4 Å². The number of ether oxygens (including phenoxy) is 2. The molecule has 0 radical (unpaired) electrons. The van der Waals surface area contributed by atoms with Crippen LogP contribution in [0.2, 0.25) is 0 Å². The summed E-state index contributed by atoms with van der Waals surface area (Å²) in [5.74, 6) is -0.602. The summed E-state index contributed by atoms with van der Waals surface area (Å²) in [7, 11) is 1.81. The minimum Gasteiger partial charge on any atom is -0.347 e. The number of carbonyl (C=O) groups excluding carboxylic acids is 1. The largest absolute Gasteiger partial charge is 0.416 e. The molecule has 5 nitrogen and oxygen atoms in total. The average molecular weight is 426 g/mol. The monoisotopic (exact) mass is 426 g/mol.